The van der Waals surface area contributed by atoms with Crippen LogP contribution in [0, 0.1) is 0 Å². The first-order chi connectivity index (χ1) is 3.77. The highest BCUT2D eigenvalue weighted by molar-refractivity contribution is 7.99. The van der Waals surface area contributed by atoms with Crippen molar-refractivity contribution in [2.24, 2.45) is 0 Å². The number of rotatable bonds is 3. The summed E-state index contributed by atoms with van der Waals surface area (Å²) in [7, 11) is 4.00. The first-order valence-electron chi connectivity index (χ1n) is 2.39. The molecule has 0 aliphatic carbocycles. The SMILES string of the molecule is C=C/C=C\SN(C)C. The summed E-state index contributed by atoms with van der Waals surface area (Å²) in [6.07, 6.45) is 3.67. The molecule has 0 rings (SSSR count). The molecule has 0 saturated heterocycles. The Bertz CT molecular complexity index is 86.5. The summed E-state index contributed by atoms with van der Waals surface area (Å²) in [5.74, 6) is 0. The molecule has 0 aromatic rings. The van der Waals surface area contributed by atoms with Gasteiger partial charge in [-0.1, -0.05) is 30.7 Å². The summed E-state index contributed by atoms with van der Waals surface area (Å²) in [5, 5.41) is 1.98. The Balaban J connectivity index is 3.15. The zero-order valence-electron chi connectivity index (χ0n) is 5.29. The van der Waals surface area contributed by atoms with Crippen LogP contribution in [0.3, 0.4) is 0 Å². The van der Waals surface area contributed by atoms with Crippen LogP contribution in [0.5, 0.6) is 0 Å². The van der Waals surface area contributed by atoms with Crippen LogP contribution in [0.1, 0.15) is 0 Å². The first kappa shape index (κ1) is 7.79. The van der Waals surface area contributed by atoms with Gasteiger partial charge < -0.3 is 0 Å². The van der Waals surface area contributed by atoms with E-state index in [4.69, 9.17) is 0 Å². The van der Waals surface area contributed by atoms with Crippen molar-refractivity contribution in [2.75, 3.05) is 14.1 Å². The molecule has 8 heavy (non-hydrogen) atoms. The average molecular weight is 129 g/mol. The Labute approximate surface area is 55.2 Å². The van der Waals surface area contributed by atoms with Gasteiger partial charge in [0.25, 0.3) is 0 Å². The lowest BCUT2D eigenvalue weighted by Gasteiger charge is -2.00. The van der Waals surface area contributed by atoms with Crippen molar-refractivity contribution in [1.29, 1.82) is 0 Å². The van der Waals surface area contributed by atoms with Crippen molar-refractivity contribution in [3.05, 3.63) is 24.1 Å². The van der Waals surface area contributed by atoms with E-state index in [-0.39, 0.29) is 0 Å². The Morgan fingerprint density at radius 3 is 2.50 bits per heavy atom. The molecule has 0 radical (unpaired) electrons. The van der Waals surface area contributed by atoms with E-state index < -0.39 is 0 Å². The van der Waals surface area contributed by atoms with Crippen molar-refractivity contribution in [3.63, 3.8) is 0 Å². The van der Waals surface area contributed by atoms with Crippen LogP contribution < -0.4 is 0 Å². The van der Waals surface area contributed by atoms with Crippen LogP contribution in [0.25, 0.3) is 0 Å². The predicted molar refractivity (Wildman–Crippen MR) is 40.6 cm³/mol. The molecule has 1 nitrogen and oxygen atoms in total. The van der Waals surface area contributed by atoms with Crippen molar-refractivity contribution in [1.82, 2.24) is 4.31 Å². The predicted octanol–water partition coefficient (Wildman–Crippen LogP) is 1.90. The molecule has 0 aromatic heterocycles. The molecule has 0 bridgehead atoms. The van der Waals surface area contributed by atoms with E-state index in [0.717, 1.165) is 0 Å². The Morgan fingerprint density at radius 2 is 2.12 bits per heavy atom. The topological polar surface area (TPSA) is 3.24 Å². The zero-order valence-corrected chi connectivity index (χ0v) is 6.11. The van der Waals surface area contributed by atoms with Crippen LogP contribution in [0.15, 0.2) is 24.1 Å². The van der Waals surface area contributed by atoms with E-state index >= 15 is 0 Å². The summed E-state index contributed by atoms with van der Waals surface area (Å²) >= 11 is 1.64. The minimum Gasteiger partial charge on any atom is -0.253 e. The second-order valence-electron chi connectivity index (χ2n) is 1.48. The molecule has 0 saturated carbocycles. The van der Waals surface area contributed by atoms with Crippen LogP contribution in [0.4, 0.5) is 0 Å². The molecule has 0 heterocycles. The number of hydrogen-bond acceptors (Lipinski definition) is 2. The van der Waals surface area contributed by atoms with Crippen LogP contribution in [-0.4, -0.2) is 18.4 Å². The lowest BCUT2D eigenvalue weighted by atomic mass is 10.6. The smallest absolute Gasteiger partial charge is 0.00254 e. The van der Waals surface area contributed by atoms with E-state index in [1.807, 2.05) is 29.9 Å². The van der Waals surface area contributed by atoms with Crippen molar-refractivity contribution in [3.8, 4) is 0 Å². The summed E-state index contributed by atoms with van der Waals surface area (Å²) in [6, 6.07) is 0. The van der Waals surface area contributed by atoms with Gasteiger partial charge in [-0.25, -0.2) is 0 Å². The third kappa shape index (κ3) is 5.79. The van der Waals surface area contributed by atoms with Gasteiger partial charge in [-0.05, 0) is 19.5 Å². The molecule has 2 heteroatoms. The average Bonchev–Trinajstić information content (AvgIpc) is 1.66. The van der Waals surface area contributed by atoms with Gasteiger partial charge in [-0.15, -0.1) is 0 Å². The zero-order chi connectivity index (χ0) is 6.41. The molecule has 0 aliphatic rings. The molecule has 0 amide bonds. The fraction of sp³-hybridized carbons (Fsp3) is 0.333. The van der Waals surface area contributed by atoms with Crippen molar-refractivity contribution < 1.29 is 0 Å². The fourth-order valence-electron chi connectivity index (χ4n) is 0.212. The largest absolute Gasteiger partial charge is 0.253 e. The first-order valence-corrected chi connectivity index (χ1v) is 3.22. The van der Waals surface area contributed by atoms with Gasteiger partial charge in [0.05, 0.1) is 0 Å². The van der Waals surface area contributed by atoms with Crippen LogP contribution in [-0.2, 0) is 0 Å². The van der Waals surface area contributed by atoms with Gasteiger partial charge in [0.1, 0.15) is 0 Å². The molecule has 0 N–H and O–H groups in total. The Kier molecular flexibility index (Phi) is 4.81. The highest BCUT2D eigenvalue weighted by atomic mass is 32.2. The molecular formula is C6H11NS. The van der Waals surface area contributed by atoms with Gasteiger partial charge >= 0.3 is 0 Å². The van der Waals surface area contributed by atoms with Gasteiger partial charge in [0.15, 0.2) is 0 Å². The van der Waals surface area contributed by atoms with Gasteiger partial charge in [0.2, 0.25) is 0 Å². The van der Waals surface area contributed by atoms with Gasteiger partial charge in [0, 0.05) is 0 Å². The van der Waals surface area contributed by atoms with E-state index in [9.17, 15) is 0 Å². The van der Waals surface area contributed by atoms with Crippen molar-refractivity contribution in [2.45, 2.75) is 0 Å². The molecule has 0 aliphatic heterocycles. The monoisotopic (exact) mass is 129 g/mol. The molecule has 0 aromatic carbocycles. The molecule has 0 spiro atoms. The number of hydrogen-bond donors (Lipinski definition) is 0. The molecule has 0 unspecified atom stereocenters. The highest BCUT2D eigenvalue weighted by Crippen LogP contribution is 2.03. The van der Waals surface area contributed by atoms with Crippen LogP contribution >= 0.6 is 11.9 Å². The lowest BCUT2D eigenvalue weighted by molar-refractivity contribution is 0.708. The van der Waals surface area contributed by atoms with E-state index in [0.29, 0.717) is 0 Å². The third-order valence-corrected chi connectivity index (χ3v) is 1.19. The second kappa shape index (κ2) is 4.94. The van der Waals surface area contributed by atoms with E-state index in [2.05, 4.69) is 6.58 Å². The van der Waals surface area contributed by atoms with Gasteiger partial charge in [-0.2, -0.15) is 0 Å². The van der Waals surface area contributed by atoms with E-state index in [1.54, 1.807) is 18.0 Å². The number of nitrogens with zero attached hydrogens (tertiary/aromatic N) is 1. The summed E-state index contributed by atoms with van der Waals surface area (Å²) in [5.41, 5.74) is 0. The second-order valence-corrected chi connectivity index (χ2v) is 2.70. The third-order valence-electron chi connectivity index (χ3n) is 0.486. The number of allylic oxidation sites excluding steroid dienone is 2. The lowest BCUT2D eigenvalue weighted by Crippen LogP contribution is -1.95. The molecular weight excluding hydrogens is 118 g/mol. The quantitative estimate of drug-likeness (QED) is 0.423. The van der Waals surface area contributed by atoms with E-state index in [1.165, 1.54) is 0 Å². The molecule has 46 valence electrons. The maximum atomic E-state index is 3.54. The minimum atomic E-state index is 1.64. The maximum absolute atomic E-state index is 3.54. The summed E-state index contributed by atoms with van der Waals surface area (Å²) in [4.78, 5) is 0. The van der Waals surface area contributed by atoms with Crippen molar-refractivity contribution >= 4 is 11.9 Å². The molecule has 0 fully saturated rings. The van der Waals surface area contributed by atoms with Crippen LogP contribution in [0.2, 0.25) is 0 Å². The summed E-state index contributed by atoms with van der Waals surface area (Å²) in [6.45, 7) is 3.54. The minimum absolute atomic E-state index is 1.64. The maximum Gasteiger partial charge on any atom is -0.00254 e. The standard InChI is InChI=1S/C6H11NS/c1-4-5-6-8-7(2)3/h4-6H,1H2,2-3H3/b6-5-. The summed E-state index contributed by atoms with van der Waals surface area (Å²) < 4.78 is 2.01. The normalized spacial score (nSPS) is 10.9. The fourth-order valence-corrected chi connectivity index (χ4v) is 0.637. The Hall–Kier alpha value is -0.210. The van der Waals surface area contributed by atoms with Gasteiger partial charge in [-0.3, -0.25) is 4.31 Å². The molecule has 0 atom stereocenters. The Morgan fingerprint density at radius 1 is 1.50 bits per heavy atom. The highest BCUT2D eigenvalue weighted by Gasteiger charge is 1.78.